The lowest BCUT2D eigenvalue weighted by molar-refractivity contribution is -0.272. The van der Waals surface area contributed by atoms with Crippen LogP contribution in [0.4, 0.5) is 13.2 Å². The Labute approximate surface area is 195 Å². The average Bonchev–Trinajstić information content (AvgIpc) is 3.26. The van der Waals surface area contributed by atoms with Crippen LogP contribution in [0.1, 0.15) is 49.7 Å². The summed E-state index contributed by atoms with van der Waals surface area (Å²) >= 11 is 0. The Morgan fingerprint density at radius 2 is 2.13 bits per heavy atom. The summed E-state index contributed by atoms with van der Waals surface area (Å²) in [5.41, 5.74) is -3.09. The predicted octanol–water partition coefficient (Wildman–Crippen LogP) is 2.17. The number of aryl methyl sites for hydroxylation is 3. The fourth-order valence-electron chi connectivity index (χ4n) is 3.56. The zero-order chi connectivity index (χ0) is 21.9. The fraction of sp³-hybridized carbons (Fsp3) is 0.667. The lowest BCUT2D eigenvalue weighted by atomic mass is 9.98. The minimum Gasteiger partial charge on any atom is -0.374 e. The van der Waals surface area contributed by atoms with Gasteiger partial charge in [0.15, 0.2) is 5.96 Å². The first kappa shape index (κ1) is 25.4. The predicted molar refractivity (Wildman–Crippen MR) is 119 cm³/mol. The van der Waals surface area contributed by atoms with Crippen LogP contribution in [-0.2, 0) is 19.2 Å². The van der Waals surface area contributed by atoms with Gasteiger partial charge in [-0.15, -0.1) is 24.0 Å². The third-order valence-corrected chi connectivity index (χ3v) is 5.04. The van der Waals surface area contributed by atoms with Gasteiger partial charge in [-0.1, -0.05) is 0 Å². The van der Waals surface area contributed by atoms with Crippen molar-refractivity contribution in [2.24, 2.45) is 12.0 Å². The van der Waals surface area contributed by atoms with Crippen molar-refractivity contribution in [3.05, 3.63) is 29.9 Å². The monoisotopic (exact) mass is 556 g/mol. The van der Waals surface area contributed by atoms with Crippen molar-refractivity contribution >= 4 is 29.9 Å². The maximum Gasteiger partial charge on any atom is 0.424 e. The lowest BCUT2D eigenvalue weighted by Crippen LogP contribution is -2.45. The minimum absolute atomic E-state index is 0. The molecular formula is C18H28F3IN8O. The number of hydrogen-bond acceptors (Lipinski definition) is 5. The van der Waals surface area contributed by atoms with E-state index in [-0.39, 0.29) is 36.6 Å². The summed E-state index contributed by atoms with van der Waals surface area (Å²) in [7, 11) is 1.41. The summed E-state index contributed by atoms with van der Waals surface area (Å²) in [6, 6.07) is -0.145. The molecule has 31 heavy (non-hydrogen) atoms. The Hall–Kier alpha value is -1.90. The van der Waals surface area contributed by atoms with E-state index in [0.29, 0.717) is 18.3 Å². The molecule has 0 radical (unpaired) electrons. The Morgan fingerprint density at radius 3 is 2.74 bits per heavy atom. The molecule has 1 aliphatic rings. The van der Waals surface area contributed by atoms with Gasteiger partial charge >= 0.3 is 6.18 Å². The summed E-state index contributed by atoms with van der Waals surface area (Å²) in [6.07, 6.45) is -1.24. The van der Waals surface area contributed by atoms with E-state index in [4.69, 9.17) is 0 Å². The van der Waals surface area contributed by atoms with Crippen LogP contribution in [-0.4, -0.2) is 54.6 Å². The molecule has 3 rings (SSSR count). The highest BCUT2D eigenvalue weighted by Gasteiger charge is 2.57. The Kier molecular flexibility index (Phi) is 8.30. The first-order valence-corrected chi connectivity index (χ1v) is 9.89. The molecule has 0 amide bonds. The van der Waals surface area contributed by atoms with Crippen LogP contribution in [0.25, 0.3) is 0 Å². The molecule has 0 aromatic carbocycles. The second-order valence-electron chi connectivity index (χ2n) is 7.31. The molecule has 13 heteroatoms. The third-order valence-electron chi connectivity index (χ3n) is 5.04. The van der Waals surface area contributed by atoms with E-state index >= 15 is 0 Å². The van der Waals surface area contributed by atoms with Crippen LogP contribution in [0, 0.1) is 6.92 Å². The average molecular weight is 556 g/mol. The van der Waals surface area contributed by atoms with Gasteiger partial charge in [0.2, 0.25) is 5.60 Å². The van der Waals surface area contributed by atoms with Gasteiger partial charge in [-0.2, -0.15) is 18.3 Å². The molecule has 0 spiro atoms. The molecule has 3 heterocycles. The second-order valence-corrected chi connectivity index (χ2v) is 7.31. The number of aromatic nitrogens is 5. The van der Waals surface area contributed by atoms with Crippen molar-refractivity contribution in [2.75, 3.05) is 13.1 Å². The van der Waals surface area contributed by atoms with Crippen molar-refractivity contribution in [1.82, 2.24) is 34.9 Å². The highest BCUT2D eigenvalue weighted by atomic mass is 127. The van der Waals surface area contributed by atoms with Gasteiger partial charge in [-0.05, 0) is 26.7 Å². The summed E-state index contributed by atoms with van der Waals surface area (Å²) < 4.78 is 44.0. The topological polar surface area (TPSA) is 105 Å². The Bertz CT molecular complexity index is 897. The van der Waals surface area contributed by atoms with Crippen molar-refractivity contribution in [3.63, 3.8) is 0 Å². The van der Waals surface area contributed by atoms with Gasteiger partial charge in [0.25, 0.3) is 0 Å². The zero-order valence-corrected chi connectivity index (χ0v) is 20.0. The molecule has 0 aliphatic carbocycles. The van der Waals surface area contributed by atoms with E-state index in [0.717, 1.165) is 29.8 Å². The van der Waals surface area contributed by atoms with E-state index in [9.17, 15) is 18.3 Å². The third kappa shape index (κ3) is 5.48. The van der Waals surface area contributed by atoms with E-state index in [2.05, 4.69) is 30.7 Å². The molecule has 1 aliphatic heterocycles. The van der Waals surface area contributed by atoms with E-state index in [1.807, 2.05) is 18.5 Å². The van der Waals surface area contributed by atoms with Crippen LogP contribution in [0.15, 0.2) is 17.4 Å². The van der Waals surface area contributed by atoms with E-state index < -0.39 is 24.0 Å². The molecule has 3 N–H and O–H groups in total. The summed E-state index contributed by atoms with van der Waals surface area (Å²) in [6.45, 7) is 4.75. The standard InChI is InChI=1S/C18H27F3N8O.HI/c1-4-22-16(26-13-6-5-10-29-14(13)25-12(2)27-29)24-8-7-17(30,18(19,20)21)15-23-9-11-28(15)3;/h9,11,13,30H,4-8,10H2,1-3H3,(H2,22,24,26);1H. The van der Waals surface area contributed by atoms with Crippen LogP contribution in [0.3, 0.4) is 0 Å². The van der Waals surface area contributed by atoms with Crippen molar-refractivity contribution in [1.29, 1.82) is 0 Å². The number of alkyl halides is 3. The summed E-state index contributed by atoms with van der Waals surface area (Å²) in [5, 5.41) is 21.1. The van der Waals surface area contributed by atoms with Crippen LogP contribution in [0.2, 0.25) is 0 Å². The van der Waals surface area contributed by atoms with Crippen molar-refractivity contribution in [2.45, 2.75) is 57.5 Å². The molecular weight excluding hydrogens is 528 g/mol. The smallest absolute Gasteiger partial charge is 0.374 e. The van der Waals surface area contributed by atoms with Crippen molar-refractivity contribution in [3.8, 4) is 0 Å². The highest BCUT2D eigenvalue weighted by molar-refractivity contribution is 14.0. The highest BCUT2D eigenvalue weighted by Crippen LogP contribution is 2.40. The van der Waals surface area contributed by atoms with Gasteiger partial charge in [0.1, 0.15) is 17.5 Å². The molecule has 2 atom stereocenters. The molecule has 0 bridgehead atoms. The van der Waals surface area contributed by atoms with Gasteiger partial charge < -0.3 is 20.3 Å². The number of rotatable bonds is 6. The number of imidazole rings is 1. The fourth-order valence-corrected chi connectivity index (χ4v) is 3.56. The zero-order valence-electron chi connectivity index (χ0n) is 17.6. The maximum atomic E-state index is 13.7. The molecule has 174 valence electrons. The Morgan fingerprint density at radius 1 is 1.39 bits per heavy atom. The molecule has 0 fully saturated rings. The number of fused-ring (bicyclic) bond motifs is 1. The van der Waals surface area contributed by atoms with E-state index in [1.165, 1.54) is 19.4 Å². The van der Waals surface area contributed by atoms with Gasteiger partial charge in [-0.3, -0.25) is 4.99 Å². The van der Waals surface area contributed by atoms with Crippen molar-refractivity contribution < 1.29 is 18.3 Å². The summed E-state index contributed by atoms with van der Waals surface area (Å²) in [5.74, 6) is 1.36. The van der Waals surface area contributed by atoms with Crippen LogP contribution < -0.4 is 10.6 Å². The molecule has 2 unspecified atom stereocenters. The minimum atomic E-state index is -4.88. The van der Waals surface area contributed by atoms with E-state index in [1.54, 1.807) is 0 Å². The number of aliphatic imine (C=N–C) groups is 1. The first-order chi connectivity index (χ1) is 14.2. The number of guanidine groups is 1. The number of aliphatic hydroxyl groups is 1. The first-order valence-electron chi connectivity index (χ1n) is 9.89. The molecule has 0 saturated carbocycles. The number of nitrogens with one attached hydrogen (secondary N) is 2. The molecule has 2 aromatic heterocycles. The van der Waals surface area contributed by atoms with Gasteiger partial charge in [-0.25, -0.2) is 14.6 Å². The van der Waals surface area contributed by atoms with Gasteiger partial charge in [0.05, 0.1) is 6.04 Å². The van der Waals surface area contributed by atoms with Crippen LogP contribution in [0.5, 0.6) is 0 Å². The SMILES string of the molecule is CCNC(=NCCC(O)(c1nccn1C)C(F)(F)F)NC1CCCn2nc(C)nc21.I. The number of hydrogen-bond donors (Lipinski definition) is 3. The Balaban J connectivity index is 0.00000341. The largest absolute Gasteiger partial charge is 0.424 e. The van der Waals surface area contributed by atoms with Crippen LogP contribution >= 0.6 is 24.0 Å². The molecule has 0 saturated heterocycles. The second kappa shape index (κ2) is 10.1. The van der Waals surface area contributed by atoms with Gasteiger partial charge in [0, 0.05) is 45.5 Å². The quantitative estimate of drug-likeness (QED) is 0.286. The number of halogens is 4. The molecule has 2 aromatic rings. The normalized spacial score (nSPS) is 18.7. The maximum absolute atomic E-state index is 13.7. The summed E-state index contributed by atoms with van der Waals surface area (Å²) in [4.78, 5) is 12.4. The number of nitrogens with zero attached hydrogens (tertiary/aromatic N) is 6. The molecule has 9 nitrogen and oxygen atoms in total. The lowest BCUT2D eigenvalue weighted by Gasteiger charge is -2.29.